The number of halogens is 2. The molecule has 17 heavy (non-hydrogen) atoms. The van der Waals surface area contributed by atoms with Gasteiger partial charge in [-0.15, -0.1) is 0 Å². The Morgan fingerprint density at radius 3 is 2.76 bits per heavy atom. The van der Waals surface area contributed by atoms with E-state index in [0.717, 1.165) is 6.07 Å². The van der Waals surface area contributed by atoms with E-state index in [2.05, 4.69) is 20.7 Å². The number of rotatable bonds is 4. The van der Waals surface area contributed by atoms with E-state index >= 15 is 0 Å². The van der Waals surface area contributed by atoms with Crippen LogP contribution in [-0.4, -0.2) is 15.0 Å². The van der Waals surface area contributed by atoms with Gasteiger partial charge in [-0.3, -0.25) is 0 Å². The number of nitrogens with one attached hydrogen (secondary N) is 1. The minimum atomic E-state index is -3.70. The van der Waals surface area contributed by atoms with Crippen LogP contribution in [0.15, 0.2) is 27.6 Å². The molecular formula is C10H10BrFN2O2S. The average molecular weight is 321 g/mol. The summed E-state index contributed by atoms with van der Waals surface area (Å²) in [7, 11) is -3.70. The average Bonchev–Trinajstić information content (AvgIpc) is 2.29. The minimum Gasteiger partial charge on any atom is -0.210 e. The SMILES string of the molecule is C[C@@H](C#N)CNS(=O)(=O)c1ccc(F)c(Br)c1. The number of hydrogen-bond donors (Lipinski definition) is 1. The normalized spacial score (nSPS) is 13.1. The first kappa shape index (κ1) is 14.1. The second kappa shape index (κ2) is 5.58. The Kier molecular flexibility index (Phi) is 4.62. The predicted octanol–water partition coefficient (Wildman–Crippen LogP) is 2.03. The summed E-state index contributed by atoms with van der Waals surface area (Å²) < 4.78 is 38.8. The van der Waals surface area contributed by atoms with E-state index in [1.54, 1.807) is 6.92 Å². The number of nitrogens with zero attached hydrogens (tertiary/aromatic N) is 1. The highest BCUT2D eigenvalue weighted by molar-refractivity contribution is 9.10. The second-order valence-electron chi connectivity index (χ2n) is 3.46. The standard InChI is InChI=1S/C10H10BrFN2O2S/c1-7(5-13)6-14-17(15,16)8-2-3-10(12)9(11)4-8/h2-4,7,14H,6H2,1H3/t7-/m0/s1. The topological polar surface area (TPSA) is 70.0 Å². The van der Waals surface area contributed by atoms with Crippen LogP contribution in [-0.2, 0) is 10.0 Å². The van der Waals surface area contributed by atoms with Crippen LogP contribution in [0.25, 0.3) is 0 Å². The molecule has 0 spiro atoms. The molecule has 1 N–H and O–H groups in total. The lowest BCUT2D eigenvalue weighted by atomic mass is 10.2. The fraction of sp³-hybridized carbons (Fsp3) is 0.300. The minimum absolute atomic E-state index is 0.0217. The molecule has 0 heterocycles. The third-order valence-electron chi connectivity index (χ3n) is 2.00. The number of sulfonamides is 1. The van der Waals surface area contributed by atoms with Crippen molar-refractivity contribution in [3.8, 4) is 6.07 Å². The maximum Gasteiger partial charge on any atom is 0.240 e. The summed E-state index contributed by atoms with van der Waals surface area (Å²) in [5, 5.41) is 8.54. The summed E-state index contributed by atoms with van der Waals surface area (Å²) in [5.41, 5.74) is 0. The number of nitriles is 1. The third kappa shape index (κ3) is 3.77. The molecule has 0 aromatic heterocycles. The molecule has 0 aliphatic carbocycles. The molecule has 0 bridgehead atoms. The zero-order valence-electron chi connectivity index (χ0n) is 8.94. The van der Waals surface area contributed by atoms with Crippen LogP contribution in [0.2, 0.25) is 0 Å². The molecule has 0 aliphatic heterocycles. The summed E-state index contributed by atoms with van der Waals surface area (Å²) in [6, 6.07) is 5.32. The summed E-state index contributed by atoms with van der Waals surface area (Å²) >= 11 is 2.91. The highest BCUT2D eigenvalue weighted by Crippen LogP contribution is 2.19. The molecule has 0 saturated heterocycles. The molecule has 0 saturated carbocycles. The van der Waals surface area contributed by atoms with Gasteiger partial charge in [-0.2, -0.15) is 5.26 Å². The number of hydrogen-bond acceptors (Lipinski definition) is 3. The first-order chi connectivity index (χ1) is 7.86. The van der Waals surface area contributed by atoms with Gasteiger partial charge in [0.25, 0.3) is 0 Å². The molecule has 1 aromatic rings. The van der Waals surface area contributed by atoms with Crippen molar-refractivity contribution in [2.75, 3.05) is 6.54 Å². The highest BCUT2D eigenvalue weighted by atomic mass is 79.9. The van der Waals surface area contributed by atoms with Gasteiger partial charge >= 0.3 is 0 Å². The van der Waals surface area contributed by atoms with Crippen molar-refractivity contribution >= 4 is 26.0 Å². The van der Waals surface area contributed by atoms with E-state index in [1.807, 2.05) is 6.07 Å². The Morgan fingerprint density at radius 1 is 1.59 bits per heavy atom. The van der Waals surface area contributed by atoms with E-state index in [9.17, 15) is 12.8 Å². The quantitative estimate of drug-likeness (QED) is 0.922. The van der Waals surface area contributed by atoms with Crippen LogP contribution < -0.4 is 4.72 Å². The van der Waals surface area contributed by atoms with Crippen molar-refractivity contribution < 1.29 is 12.8 Å². The predicted molar refractivity (Wildman–Crippen MR) is 64.1 cm³/mol. The van der Waals surface area contributed by atoms with Gasteiger partial charge in [0.15, 0.2) is 0 Å². The Balaban J connectivity index is 2.91. The summed E-state index contributed by atoms with van der Waals surface area (Å²) in [6.45, 7) is 1.62. The van der Waals surface area contributed by atoms with Crippen LogP contribution in [0.3, 0.4) is 0 Å². The molecule has 0 aliphatic rings. The van der Waals surface area contributed by atoms with Gasteiger partial charge in [0, 0.05) is 6.54 Å². The van der Waals surface area contributed by atoms with Gasteiger partial charge in [0.05, 0.1) is 21.4 Å². The second-order valence-corrected chi connectivity index (χ2v) is 6.08. The first-order valence-corrected chi connectivity index (χ1v) is 6.99. The molecule has 0 unspecified atom stereocenters. The zero-order chi connectivity index (χ0) is 13.1. The Morgan fingerprint density at radius 2 is 2.24 bits per heavy atom. The molecule has 0 amide bonds. The summed E-state index contributed by atoms with van der Waals surface area (Å²) in [5.74, 6) is -0.956. The molecule has 0 radical (unpaired) electrons. The van der Waals surface area contributed by atoms with Crippen molar-refractivity contribution in [3.63, 3.8) is 0 Å². The Labute approximate surface area is 108 Å². The van der Waals surface area contributed by atoms with Gasteiger partial charge in [0.2, 0.25) is 10.0 Å². The van der Waals surface area contributed by atoms with Gasteiger partial charge in [-0.05, 0) is 41.1 Å². The summed E-state index contributed by atoms with van der Waals surface area (Å²) in [6.07, 6.45) is 0. The maximum atomic E-state index is 13.0. The van der Waals surface area contributed by atoms with Crippen LogP contribution in [0.4, 0.5) is 4.39 Å². The van der Waals surface area contributed by atoms with Gasteiger partial charge in [-0.1, -0.05) is 0 Å². The molecule has 1 atom stereocenters. The van der Waals surface area contributed by atoms with Gasteiger partial charge in [0.1, 0.15) is 5.82 Å². The largest absolute Gasteiger partial charge is 0.240 e. The van der Waals surface area contributed by atoms with E-state index in [4.69, 9.17) is 5.26 Å². The van der Waals surface area contributed by atoms with Crippen LogP contribution in [0.5, 0.6) is 0 Å². The Hall–Kier alpha value is -0.970. The van der Waals surface area contributed by atoms with Crippen molar-refractivity contribution in [1.29, 1.82) is 5.26 Å². The van der Waals surface area contributed by atoms with Crippen molar-refractivity contribution in [2.45, 2.75) is 11.8 Å². The van der Waals surface area contributed by atoms with E-state index < -0.39 is 21.8 Å². The lowest BCUT2D eigenvalue weighted by Gasteiger charge is -2.08. The molecule has 92 valence electrons. The van der Waals surface area contributed by atoms with E-state index in [1.165, 1.54) is 12.1 Å². The maximum absolute atomic E-state index is 13.0. The van der Waals surface area contributed by atoms with Gasteiger partial charge in [-0.25, -0.2) is 17.5 Å². The van der Waals surface area contributed by atoms with Gasteiger partial charge < -0.3 is 0 Å². The molecular weight excluding hydrogens is 311 g/mol. The molecule has 7 heteroatoms. The van der Waals surface area contributed by atoms with Crippen LogP contribution >= 0.6 is 15.9 Å². The van der Waals surface area contributed by atoms with Crippen LogP contribution in [0.1, 0.15) is 6.92 Å². The van der Waals surface area contributed by atoms with Crippen molar-refractivity contribution in [2.24, 2.45) is 5.92 Å². The fourth-order valence-corrected chi connectivity index (χ4v) is 2.69. The van der Waals surface area contributed by atoms with Crippen LogP contribution in [0, 0.1) is 23.1 Å². The Bertz CT molecular complexity index is 554. The number of benzene rings is 1. The molecule has 0 fully saturated rings. The first-order valence-electron chi connectivity index (χ1n) is 4.71. The van der Waals surface area contributed by atoms with E-state index in [0.29, 0.717) is 0 Å². The van der Waals surface area contributed by atoms with E-state index in [-0.39, 0.29) is 15.9 Å². The molecule has 4 nitrogen and oxygen atoms in total. The zero-order valence-corrected chi connectivity index (χ0v) is 11.3. The monoisotopic (exact) mass is 320 g/mol. The fourth-order valence-electron chi connectivity index (χ4n) is 1.01. The smallest absolute Gasteiger partial charge is 0.210 e. The van der Waals surface area contributed by atoms with Crippen molar-refractivity contribution in [1.82, 2.24) is 4.72 Å². The molecule has 1 aromatic carbocycles. The summed E-state index contributed by atoms with van der Waals surface area (Å²) in [4.78, 5) is -0.0454. The highest BCUT2D eigenvalue weighted by Gasteiger charge is 2.16. The van der Waals surface area contributed by atoms with Crippen molar-refractivity contribution in [3.05, 3.63) is 28.5 Å². The lowest BCUT2D eigenvalue weighted by Crippen LogP contribution is -2.28. The third-order valence-corrected chi connectivity index (χ3v) is 4.03. The molecule has 1 rings (SSSR count). The lowest BCUT2D eigenvalue weighted by molar-refractivity contribution is 0.571.